The van der Waals surface area contributed by atoms with E-state index in [0.717, 1.165) is 5.56 Å². The van der Waals surface area contributed by atoms with Gasteiger partial charge >= 0.3 is 0 Å². The Bertz CT molecular complexity index is 855. The van der Waals surface area contributed by atoms with E-state index in [-0.39, 0.29) is 23.7 Å². The summed E-state index contributed by atoms with van der Waals surface area (Å²) in [5.41, 5.74) is 2.54. The minimum absolute atomic E-state index is 0.126. The zero-order valence-electron chi connectivity index (χ0n) is 15.1. The number of carbonyl (C=O) groups is 2. The van der Waals surface area contributed by atoms with E-state index < -0.39 is 17.7 Å². The molecule has 26 heavy (non-hydrogen) atoms. The molecule has 2 heterocycles. The molecule has 0 spiro atoms. The van der Waals surface area contributed by atoms with Gasteiger partial charge in [0.1, 0.15) is 0 Å². The maximum absolute atomic E-state index is 12.8. The van der Waals surface area contributed by atoms with Crippen LogP contribution < -0.4 is 4.90 Å². The van der Waals surface area contributed by atoms with E-state index in [9.17, 15) is 14.7 Å². The van der Waals surface area contributed by atoms with Crippen molar-refractivity contribution in [3.8, 4) is 0 Å². The molecule has 5 nitrogen and oxygen atoms in total. The Morgan fingerprint density at radius 1 is 1.23 bits per heavy atom. The van der Waals surface area contributed by atoms with E-state index in [4.69, 9.17) is 0 Å². The number of aryl methyl sites for hydroxylation is 1. The van der Waals surface area contributed by atoms with Crippen molar-refractivity contribution in [3.05, 3.63) is 71.3 Å². The molecule has 1 unspecified atom stereocenters. The highest BCUT2D eigenvalue weighted by atomic mass is 16.3. The van der Waals surface area contributed by atoms with Crippen LogP contribution in [0.15, 0.2) is 60.1 Å². The van der Waals surface area contributed by atoms with Gasteiger partial charge in [-0.05, 0) is 36.6 Å². The molecule has 1 N–H and O–H groups in total. The normalized spacial score (nSPS) is 17.3. The number of aromatic nitrogens is 1. The van der Waals surface area contributed by atoms with Crippen LogP contribution in [0.5, 0.6) is 0 Å². The van der Waals surface area contributed by atoms with Crippen molar-refractivity contribution < 1.29 is 14.7 Å². The highest BCUT2D eigenvalue weighted by Crippen LogP contribution is 2.41. The van der Waals surface area contributed by atoms with Gasteiger partial charge in [0.2, 0.25) is 0 Å². The quantitative estimate of drug-likeness (QED) is 0.888. The van der Waals surface area contributed by atoms with Gasteiger partial charge in [0.25, 0.3) is 5.91 Å². The molecule has 5 heteroatoms. The van der Waals surface area contributed by atoms with Crippen LogP contribution in [0.2, 0.25) is 0 Å². The van der Waals surface area contributed by atoms with Gasteiger partial charge in [-0.3, -0.25) is 19.5 Å². The van der Waals surface area contributed by atoms with Crippen LogP contribution in [0.1, 0.15) is 37.4 Å². The molecule has 2 aromatic rings. The molecule has 134 valence electrons. The van der Waals surface area contributed by atoms with Crippen molar-refractivity contribution in [1.82, 2.24) is 4.98 Å². The summed E-state index contributed by atoms with van der Waals surface area (Å²) in [4.78, 5) is 31.2. The Morgan fingerprint density at radius 3 is 2.50 bits per heavy atom. The molecule has 3 rings (SSSR count). The summed E-state index contributed by atoms with van der Waals surface area (Å²) in [6.45, 7) is 5.83. The van der Waals surface area contributed by atoms with Crippen LogP contribution in [-0.2, 0) is 9.59 Å². The smallest absolute Gasteiger partial charge is 0.294 e. The van der Waals surface area contributed by atoms with Crippen molar-refractivity contribution in [2.45, 2.75) is 33.2 Å². The van der Waals surface area contributed by atoms with Gasteiger partial charge in [-0.1, -0.05) is 37.6 Å². The van der Waals surface area contributed by atoms with E-state index in [1.165, 1.54) is 4.90 Å². The van der Waals surface area contributed by atoms with E-state index >= 15 is 0 Å². The number of pyridine rings is 1. The van der Waals surface area contributed by atoms with Crippen molar-refractivity contribution in [3.63, 3.8) is 0 Å². The average molecular weight is 350 g/mol. The van der Waals surface area contributed by atoms with E-state index in [2.05, 4.69) is 4.98 Å². The molecule has 1 aromatic heterocycles. The third-order valence-corrected chi connectivity index (χ3v) is 4.41. The lowest BCUT2D eigenvalue weighted by atomic mass is 9.93. The van der Waals surface area contributed by atoms with Crippen LogP contribution >= 0.6 is 0 Å². The van der Waals surface area contributed by atoms with Gasteiger partial charge < -0.3 is 5.11 Å². The number of amides is 1. The van der Waals surface area contributed by atoms with Gasteiger partial charge in [0.05, 0.1) is 11.6 Å². The summed E-state index contributed by atoms with van der Waals surface area (Å²) in [7, 11) is 0. The number of aliphatic hydroxyl groups is 1. The fourth-order valence-electron chi connectivity index (χ4n) is 3.20. The lowest BCUT2D eigenvalue weighted by molar-refractivity contribution is -0.118. The number of Topliss-reactive ketones (excluding diaryl/α,β-unsaturated/α-hetero) is 1. The number of nitrogens with zero attached hydrogens (tertiary/aromatic N) is 2. The summed E-state index contributed by atoms with van der Waals surface area (Å²) in [5.74, 6) is -1.12. The zero-order chi connectivity index (χ0) is 18.8. The first kappa shape index (κ1) is 17.9. The highest BCUT2D eigenvalue weighted by Gasteiger charge is 2.44. The van der Waals surface area contributed by atoms with Crippen molar-refractivity contribution in [2.75, 3.05) is 4.90 Å². The maximum atomic E-state index is 12.8. The topological polar surface area (TPSA) is 70.5 Å². The van der Waals surface area contributed by atoms with Gasteiger partial charge in [-0.15, -0.1) is 0 Å². The molecule has 1 aliphatic heterocycles. The SMILES string of the molecule is Cc1ccc(N2C(=O)C(O)=C(C(=O)CC(C)C)C2c2cccnc2)cc1. The first-order valence-electron chi connectivity index (χ1n) is 8.66. The predicted octanol–water partition coefficient (Wildman–Crippen LogP) is 3.91. The molecule has 0 fully saturated rings. The van der Waals surface area contributed by atoms with Crippen molar-refractivity contribution in [2.24, 2.45) is 5.92 Å². The molecular formula is C21H22N2O3. The molecule has 0 radical (unpaired) electrons. The zero-order valence-corrected chi connectivity index (χ0v) is 15.1. The third-order valence-electron chi connectivity index (χ3n) is 4.41. The van der Waals surface area contributed by atoms with E-state index in [1.807, 2.05) is 51.1 Å². The summed E-state index contributed by atoms with van der Waals surface area (Å²) >= 11 is 0. The Morgan fingerprint density at radius 2 is 1.92 bits per heavy atom. The maximum Gasteiger partial charge on any atom is 0.294 e. The second-order valence-electron chi connectivity index (χ2n) is 6.98. The fraction of sp³-hybridized carbons (Fsp3) is 0.286. The number of anilines is 1. The Kier molecular flexibility index (Phi) is 4.89. The van der Waals surface area contributed by atoms with Crippen LogP contribution in [0.3, 0.4) is 0 Å². The minimum atomic E-state index is -0.676. The molecular weight excluding hydrogens is 328 g/mol. The predicted molar refractivity (Wildman–Crippen MR) is 99.8 cm³/mol. The summed E-state index contributed by atoms with van der Waals surface area (Å²) < 4.78 is 0. The lowest BCUT2D eigenvalue weighted by Gasteiger charge is -2.27. The van der Waals surface area contributed by atoms with Gasteiger partial charge in [-0.2, -0.15) is 0 Å². The molecule has 0 saturated carbocycles. The third kappa shape index (κ3) is 3.25. The highest BCUT2D eigenvalue weighted by molar-refractivity contribution is 6.16. The van der Waals surface area contributed by atoms with Crippen LogP contribution in [-0.4, -0.2) is 21.8 Å². The summed E-state index contributed by atoms with van der Waals surface area (Å²) in [6, 6.07) is 10.3. The molecule has 1 atom stereocenters. The molecule has 0 aliphatic carbocycles. The van der Waals surface area contributed by atoms with Crippen LogP contribution in [0, 0.1) is 12.8 Å². The van der Waals surface area contributed by atoms with Crippen LogP contribution in [0.4, 0.5) is 5.69 Å². The largest absolute Gasteiger partial charge is 0.503 e. The standard InChI is InChI=1S/C21H22N2O3/c1-13(2)11-17(24)18-19(15-5-4-10-22-12-15)23(21(26)20(18)25)16-8-6-14(3)7-9-16/h4-10,12-13,19,25H,11H2,1-3H3. The fourth-order valence-corrected chi connectivity index (χ4v) is 3.20. The minimum Gasteiger partial charge on any atom is -0.503 e. The second-order valence-corrected chi connectivity index (χ2v) is 6.98. The number of aliphatic hydroxyl groups excluding tert-OH is 1. The number of ketones is 1. The first-order valence-corrected chi connectivity index (χ1v) is 8.66. The van der Waals surface area contributed by atoms with Crippen LogP contribution in [0.25, 0.3) is 0 Å². The monoisotopic (exact) mass is 350 g/mol. The number of benzene rings is 1. The average Bonchev–Trinajstić information content (AvgIpc) is 2.88. The first-order chi connectivity index (χ1) is 12.4. The van der Waals surface area contributed by atoms with E-state index in [0.29, 0.717) is 11.3 Å². The van der Waals surface area contributed by atoms with Crippen molar-refractivity contribution >= 4 is 17.4 Å². The summed E-state index contributed by atoms with van der Waals surface area (Å²) in [5, 5.41) is 10.5. The summed E-state index contributed by atoms with van der Waals surface area (Å²) in [6.07, 6.45) is 3.53. The Balaban J connectivity index is 2.12. The molecule has 1 aliphatic rings. The van der Waals surface area contributed by atoms with Gasteiger partial charge in [0.15, 0.2) is 11.5 Å². The lowest BCUT2D eigenvalue weighted by Crippen LogP contribution is -2.31. The molecule has 1 amide bonds. The molecule has 1 aromatic carbocycles. The number of hydrogen-bond donors (Lipinski definition) is 1. The van der Waals surface area contributed by atoms with E-state index in [1.54, 1.807) is 18.5 Å². The van der Waals surface area contributed by atoms with Gasteiger partial charge in [0, 0.05) is 24.5 Å². The van der Waals surface area contributed by atoms with Crippen molar-refractivity contribution in [1.29, 1.82) is 0 Å². The molecule has 0 bridgehead atoms. The Labute approximate surface area is 153 Å². The second kappa shape index (κ2) is 7.12. The number of carbonyl (C=O) groups excluding carboxylic acids is 2. The number of hydrogen-bond acceptors (Lipinski definition) is 4. The van der Waals surface area contributed by atoms with Gasteiger partial charge in [-0.25, -0.2) is 0 Å². The Hall–Kier alpha value is -2.95. The molecule has 0 saturated heterocycles. The number of rotatable bonds is 5.